The van der Waals surface area contributed by atoms with E-state index in [-0.39, 0.29) is 5.97 Å². The Morgan fingerprint density at radius 2 is 2.14 bits per heavy atom. The van der Waals surface area contributed by atoms with Gasteiger partial charge in [-0.2, -0.15) is 0 Å². The number of carbonyl (C=O) groups excluding carboxylic acids is 1. The summed E-state index contributed by atoms with van der Waals surface area (Å²) in [5.74, 6) is 0.608. The van der Waals surface area contributed by atoms with Gasteiger partial charge in [0.1, 0.15) is 5.54 Å². The molecule has 0 amide bonds. The predicted molar refractivity (Wildman–Crippen MR) is 84.3 cm³/mol. The topological polar surface area (TPSA) is 44.8 Å². The van der Waals surface area contributed by atoms with Crippen LogP contribution in [0.2, 0.25) is 0 Å². The number of nitrogens with one attached hydrogen (secondary N) is 1. The summed E-state index contributed by atoms with van der Waals surface area (Å²) in [6, 6.07) is 0.735. The second-order valence-electron chi connectivity index (χ2n) is 6.78. The number of hydrogen-bond acceptors (Lipinski definition) is 5. The third-order valence-electron chi connectivity index (χ3n) is 5.25. The fraction of sp³-hybridized carbons (Fsp3) is 0.938. The zero-order valence-electron chi connectivity index (χ0n) is 14.0. The molecule has 2 aliphatic heterocycles. The van der Waals surface area contributed by atoms with E-state index in [1.807, 2.05) is 20.9 Å². The lowest BCUT2D eigenvalue weighted by Gasteiger charge is -2.47. The Kier molecular flexibility index (Phi) is 5.63. The average Bonchev–Trinajstić information content (AvgIpc) is 2.47. The van der Waals surface area contributed by atoms with Crippen LogP contribution in [0.3, 0.4) is 0 Å². The van der Waals surface area contributed by atoms with E-state index in [2.05, 4.69) is 22.2 Å². The minimum absolute atomic E-state index is 0.143. The molecule has 0 radical (unpaired) electrons. The van der Waals surface area contributed by atoms with Gasteiger partial charge in [0, 0.05) is 19.1 Å². The number of piperidine rings is 2. The Morgan fingerprint density at radius 3 is 2.81 bits per heavy atom. The highest BCUT2D eigenvalue weighted by atomic mass is 16.5. The molecule has 0 spiro atoms. The number of likely N-dealkylation sites (tertiary alicyclic amines) is 2. The summed E-state index contributed by atoms with van der Waals surface area (Å²) < 4.78 is 5.23. The molecule has 122 valence electrons. The lowest BCUT2D eigenvalue weighted by Crippen LogP contribution is -2.60. The molecule has 2 rings (SSSR count). The molecule has 5 nitrogen and oxygen atoms in total. The van der Waals surface area contributed by atoms with Gasteiger partial charge in [0.25, 0.3) is 0 Å². The van der Waals surface area contributed by atoms with Gasteiger partial charge in [0.15, 0.2) is 0 Å². The number of rotatable bonds is 5. The van der Waals surface area contributed by atoms with Gasteiger partial charge in [-0.3, -0.25) is 4.79 Å². The lowest BCUT2D eigenvalue weighted by molar-refractivity contribution is -0.151. The van der Waals surface area contributed by atoms with Crippen LogP contribution in [0.25, 0.3) is 0 Å². The highest BCUT2D eigenvalue weighted by Crippen LogP contribution is 2.30. The monoisotopic (exact) mass is 297 g/mol. The first-order chi connectivity index (χ1) is 10.00. The fourth-order valence-electron chi connectivity index (χ4n) is 3.85. The maximum atomic E-state index is 12.2. The maximum absolute atomic E-state index is 12.2. The van der Waals surface area contributed by atoms with Crippen molar-refractivity contribution in [2.45, 2.75) is 44.7 Å². The first-order valence-electron chi connectivity index (χ1n) is 8.29. The molecule has 1 N–H and O–H groups in total. The second-order valence-corrected chi connectivity index (χ2v) is 6.78. The van der Waals surface area contributed by atoms with Crippen molar-refractivity contribution in [1.82, 2.24) is 15.1 Å². The van der Waals surface area contributed by atoms with Crippen LogP contribution >= 0.6 is 0 Å². The van der Waals surface area contributed by atoms with Crippen LogP contribution in [0.4, 0.5) is 0 Å². The van der Waals surface area contributed by atoms with E-state index in [9.17, 15) is 4.79 Å². The molecule has 0 aromatic carbocycles. The molecule has 2 fully saturated rings. The number of esters is 1. The van der Waals surface area contributed by atoms with Gasteiger partial charge in [0.05, 0.1) is 6.61 Å². The third-order valence-corrected chi connectivity index (χ3v) is 5.25. The summed E-state index contributed by atoms with van der Waals surface area (Å²) in [6.45, 7) is 8.38. The molecule has 3 atom stereocenters. The van der Waals surface area contributed by atoms with Gasteiger partial charge in [-0.25, -0.2) is 0 Å². The number of nitrogens with zero attached hydrogens (tertiary/aromatic N) is 2. The van der Waals surface area contributed by atoms with E-state index in [1.54, 1.807) is 0 Å². The average molecular weight is 297 g/mol. The molecule has 0 saturated carbocycles. The standard InChI is InChI=1S/C16H31N3O2/c1-5-21-15(20)16(2,17-3)12-19-10-8-14-13(11-19)7-6-9-18(14)4/h13-14,17H,5-12H2,1-4H3. The molecular formula is C16H31N3O2. The SMILES string of the molecule is CCOC(=O)C(C)(CN1CCC2C(CCCN2C)C1)NC. The summed E-state index contributed by atoms with van der Waals surface area (Å²) >= 11 is 0. The summed E-state index contributed by atoms with van der Waals surface area (Å²) in [5, 5.41) is 3.16. The third kappa shape index (κ3) is 3.76. The van der Waals surface area contributed by atoms with Crippen molar-refractivity contribution >= 4 is 5.97 Å². The van der Waals surface area contributed by atoms with Crippen LogP contribution in [0.5, 0.6) is 0 Å². The Balaban J connectivity index is 1.95. The minimum atomic E-state index is -0.608. The summed E-state index contributed by atoms with van der Waals surface area (Å²) in [5.41, 5.74) is -0.608. The van der Waals surface area contributed by atoms with Gasteiger partial charge in [-0.15, -0.1) is 0 Å². The smallest absolute Gasteiger partial charge is 0.327 e. The molecule has 0 bridgehead atoms. The molecule has 2 heterocycles. The number of likely N-dealkylation sites (N-methyl/N-ethyl adjacent to an activating group) is 1. The van der Waals surface area contributed by atoms with Gasteiger partial charge in [-0.05, 0) is 66.2 Å². The van der Waals surface area contributed by atoms with Crippen molar-refractivity contribution in [2.24, 2.45) is 5.92 Å². The highest BCUT2D eigenvalue weighted by molar-refractivity contribution is 5.80. The molecule has 2 saturated heterocycles. The van der Waals surface area contributed by atoms with E-state index in [0.717, 1.165) is 31.6 Å². The van der Waals surface area contributed by atoms with Crippen LogP contribution in [0, 0.1) is 5.92 Å². The molecule has 2 aliphatic rings. The lowest BCUT2D eigenvalue weighted by atomic mass is 9.83. The largest absolute Gasteiger partial charge is 0.465 e. The van der Waals surface area contributed by atoms with Crippen molar-refractivity contribution in [3.05, 3.63) is 0 Å². The molecular weight excluding hydrogens is 266 g/mol. The van der Waals surface area contributed by atoms with E-state index in [0.29, 0.717) is 6.61 Å². The first-order valence-corrected chi connectivity index (χ1v) is 8.29. The van der Waals surface area contributed by atoms with Crippen LogP contribution in [0.15, 0.2) is 0 Å². The Hall–Kier alpha value is -0.650. The van der Waals surface area contributed by atoms with Crippen molar-refractivity contribution < 1.29 is 9.53 Å². The van der Waals surface area contributed by atoms with E-state index in [4.69, 9.17) is 4.74 Å². The minimum Gasteiger partial charge on any atom is -0.465 e. The van der Waals surface area contributed by atoms with Crippen LogP contribution < -0.4 is 5.32 Å². The number of hydrogen-bond donors (Lipinski definition) is 1. The molecule has 0 aliphatic carbocycles. The predicted octanol–water partition coefficient (Wildman–Crippen LogP) is 0.944. The molecule has 0 aromatic rings. The fourth-order valence-corrected chi connectivity index (χ4v) is 3.85. The summed E-state index contributed by atoms with van der Waals surface area (Å²) in [7, 11) is 4.10. The van der Waals surface area contributed by atoms with Crippen molar-refractivity contribution in [3.63, 3.8) is 0 Å². The maximum Gasteiger partial charge on any atom is 0.327 e. The molecule has 0 aromatic heterocycles. The van der Waals surface area contributed by atoms with Crippen molar-refractivity contribution in [1.29, 1.82) is 0 Å². The quantitative estimate of drug-likeness (QED) is 0.765. The Morgan fingerprint density at radius 1 is 1.38 bits per heavy atom. The van der Waals surface area contributed by atoms with E-state index < -0.39 is 5.54 Å². The normalized spacial score (nSPS) is 30.5. The van der Waals surface area contributed by atoms with Gasteiger partial charge < -0.3 is 19.9 Å². The summed E-state index contributed by atoms with van der Waals surface area (Å²) in [4.78, 5) is 17.1. The molecule has 5 heteroatoms. The number of ether oxygens (including phenoxy) is 1. The Labute approximate surface area is 129 Å². The van der Waals surface area contributed by atoms with Gasteiger partial charge in [-0.1, -0.05) is 0 Å². The second kappa shape index (κ2) is 7.07. The Bertz CT molecular complexity index is 363. The van der Waals surface area contributed by atoms with Gasteiger partial charge >= 0.3 is 5.97 Å². The zero-order chi connectivity index (χ0) is 15.5. The highest BCUT2D eigenvalue weighted by Gasteiger charge is 2.39. The van der Waals surface area contributed by atoms with Crippen LogP contribution in [0.1, 0.15) is 33.1 Å². The summed E-state index contributed by atoms with van der Waals surface area (Å²) in [6.07, 6.45) is 3.83. The van der Waals surface area contributed by atoms with Crippen LogP contribution in [-0.2, 0) is 9.53 Å². The molecule has 3 unspecified atom stereocenters. The van der Waals surface area contributed by atoms with Crippen LogP contribution in [-0.4, -0.2) is 74.2 Å². The molecule has 21 heavy (non-hydrogen) atoms. The first kappa shape index (κ1) is 16.7. The van der Waals surface area contributed by atoms with Gasteiger partial charge in [0.2, 0.25) is 0 Å². The number of carbonyl (C=O) groups is 1. The van der Waals surface area contributed by atoms with Crippen molar-refractivity contribution in [2.75, 3.05) is 46.9 Å². The van der Waals surface area contributed by atoms with Crippen molar-refractivity contribution in [3.8, 4) is 0 Å². The van der Waals surface area contributed by atoms with E-state index >= 15 is 0 Å². The van der Waals surface area contributed by atoms with E-state index in [1.165, 1.54) is 25.8 Å². The zero-order valence-corrected chi connectivity index (χ0v) is 14.0. The number of fused-ring (bicyclic) bond motifs is 1.